The zero-order valence-corrected chi connectivity index (χ0v) is 10.2. The van der Waals surface area contributed by atoms with Gasteiger partial charge in [0, 0.05) is 12.6 Å². The van der Waals surface area contributed by atoms with Crippen LogP contribution in [0.25, 0.3) is 5.65 Å². The predicted molar refractivity (Wildman–Crippen MR) is 66.9 cm³/mol. The molecule has 0 spiro atoms. The number of aryl methyl sites for hydroxylation is 1. The lowest BCUT2D eigenvalue weighted by molar-refractivity contribution is 0.575. The van der Waals surface area contributed by atoms with Crippen molar-refractivity contribution in [2.45, 2.75) is 19.8 Å². The third-order valence-electron chi connectivity index (χ3n) is 3.10. The van der Waals surface area contributed by atoms with E-state index in [1.165, 1.54) is 23.5 Å². The van der Waals surface area contributed by atoms with Gasteiger partial charge in [-0.05, 0) is 42.4 Å². The number of hydrogen-bond acceptors (Lipinski definition) is 3. The van der Waals surface area contributed by atoms with Crippen LogP contribution in [0.2, 0.25) is 0 Å². The largest absolute Gasteiger partial charge is 0.221 e. The van der Waals surface area contributed by atoms with Crippen LogP contribution in [-0.2, 0) is 6.42 Å². The lowest BCUT2D eigenvalue weighted by Gasteiger charge is -2.02. The molecule has 4 heteroatoms. The van der Waals surface area contributed by atoms with Crippen LogP contribution >= 0.6 is 11.8 Å². The summed E-state index contributed by atoms with van der Waals surface area (Å²) in [7, 11) is 0. The topological polar surface area (TPSA) is 30.2 Å². The van der Waals surface area contributed by atoms with Gasteiger partial charge in [0.2, 0.25) is 0 Å². The number of thioether (sulfide) groups is 1. The molecular weight excluding hydrogens is 218 g/mol. The lowest BCUT2D eigenvalue weighted by atomic mass is 10.1. The maximum absolute atomic E-state index is 4.62. The fourth-order valence-electron chi connectivity index (χ4n) is 2.17. The van der Waals surface area contributed by atoms with Crippen molar-refractivity contribution in [1.82, 2.24) is 14.6 Å². The van der Waals surface area contributed by atoms with E-state index in [9.17, 15) is 0 Å². The number of hydrogen-bond donors (Lipinski definition) is 0. The Morgan fingerprint density at radius 1 is 1.56 bits per heavy atom. The zero-order chi connectivity index (χ0) is 11.0. The van der Waals surface area contributed by atoms with Crippen LogP contribution in [0.1, 0.15) is 17.8 Å². The molecule has 2 aromatic heterocycles. The van der Waals surface area contributed by atoms with E-state index < -0.39 is 0 Å². The first-order chi connectivity index (χ1) is 7.83. The average Bonchev–Trinajstić information content (AvgIpc) is 2.88. The van der Waals surface area contributed by atoms with E-state index >= 15 is 0 Å². The monoisotopic (exact) mass is 233 g/mol. The molecule has 0 N–H and O–H groups in total. The fourth-order valence-corrected chi connectivity index (χ4v) is 3.46. The Morgan fingerprint density at radius 3 is 3.25 bits per heavy atom. The second-order valence-electron chi connectivity index (χ2n) is 4.42. The Bertz CT molecular complexity index is 500. The molecule has 0 aliphatic carbocycles. The standard InChI is InChI=1S/C12H15N3S/c1-9-3-2-5-15-12(9)13-11(14-15)7-10-4-6-16-8-10/h2-3,5,10H,4,6-8H2,1H3. The summed E-state index contributed by atoms with van der Waals surface area (Å²) in [4.78, 5) is 4.62. The number of pyridine rings is 1. The molecule has 16 heavy (non-hydrogen) atoms. The molecule has 84 valence electrons. The molecule has 3 nitrogen and oxygen atoms in total. The van der Waals surface area contributed by atoms with Gasteiger partial charge in [-0.25, -0.2) is 9.50 Å². The van der Waals surface area contributed by atoms with Gasteiger partial charge in [0.1, 0.15) is 0 Å². The highest BCUT2D eigenvalue weighted by molar-refractivity contribution is 7.99. The van der Waals surface area contributed by atoms with Crippen LogP contribution in [0.5, 0.6) is 0 Å². The summed E-state index contributed by atoms with van der Waals surface area (Å²) in [5, 5.41) is 4.53. The molecule has 3 rings (SSSR count). The first-order valence-electron chi connectivity index (χ1n) is 5.71. The minimum absolute atomic E-state index is 0.780. The fraction of sp³-hybridized carbons (Fsp3) is 0.500. The number of aromatic nitrogens is 3. The molecule has 1 saturated heterocycles. The average molecular weight is 233 g/mol. The summed E-state index contributed by atoms with van der Waals surface area (Å²) in [6.07, 6.45) is 4.33. The first-order valence-corrected chi connectivity index (χ1v) is 6.87. The minimum Gasteiger partial charge on any atom is -0.221 e. The van der Waals surface area contributed by atoms with Crippen molar-refractivity contribution in [3.63, 3.8) is 0 Å². The smallest absolute Gasteiger partial charge is 0.158 e. The lowest BCUT2D eigenvalue weighted by Crippen LogP contribution is -2.04. The predicted octanol–water partition coefficient (Wildman–Crippen LogP) is 2.33. The van der Waals surface area contributed by atoms with Crippen LogP contribution in [-0.4, -0.2) is 26.1 Å². The Morgan fingerprint density at radius 2 is 2.50 bits per heavy atom. The summed E-state index contributed by atoms with van der Waals surface area (Å²) in [6.45, 7) is 2.08. The molecule has 1 fully saturated rings. The van der Waals surface area contributed by atoms with Crippen molar-refractivity contribution >= 4 is 17.4 Å². The van der Waals surface area contributed by atoms with Crippen molar-refractivity contribution in [3.05, 3.63) is 29.7 Å². The van der Waals surface area contributed by atoms with Gasteiger partial charge in [0.15, 0.2) is 11.5 Å². The van der Waals surface area contributed by atoms with Crippen LogP contribution in [0, 0.1) is 12.8 Å². The summed E-state index contributed by atoms with van der Waals surface area (Å²) in [6, 6.07) is 4.10. The first kappa shape index (κ1) is 10.1. The van der Waals surface area contributed by atoms with E-state index in [1.54, 1.807) is 0 Å². The van der Waals surface area contributed by atoms with Gasteiger partial charge in [0.05, 0.1) is 0 Å². The summed E-state index contributed by atoms with van der Waals surface area (Å²) in [5.41, 5.74) is 2.20. The number of fused-ring (bicyclic) bond motifs is 1. The van der Waals surface area contributed by atoms with E-state index in [-0.39, 0.29) is 0 Å². The molecule has 1 unspecified atom stereocenters. The minimum atomic E-state index is 0.780. The van der Waals surface area contributed by atoms with Crippen molar-refractivity contribution in [2.75, 3.05) is 11.5 Å². The molecule has 2 aromatic rings. The molecule has 3 heterocycles. The number of nitrogens with zero attached hydrogens (tertiary/aromatic N) is 3. The second kappa shape index (κ2) is 4.09. The molecule has 0 radical (unpaired) electrons. The Kier molecular flexibility index (Phi) is 2.59. The van der Waals surface area contributed by atoms with E-state index in [4.69, 9.17) is 0 Å². The van der Waals surface area contributed by atoms with E-state index in [2.05, 4.69) is 23.1 Å². The van der Waals surface area contributed by atoms with Gasteiger partial charge < -0.3 is 0 Å². The van der Waals surface area contributed by atoms with Crippen LogP contribution in [0.3, 0.4) is 0 Å². The number of rotatable bonds is 2. The molecule has 0 bridgehead atoms. The molecular formula is C12H15N3S. The third kappa shape index (κ3) is 1.82. The SMILES string of the molecule is Cc1cccn2nc(CC3CCSC3)nc12. The molecule has 0 aromatic carbocycles. The van der Waals surface area contributed by atoms with E-state index in [0.29, 0.717) is 0 Å². The van der Waals surface area contributed by atoms with Gasteiger partial charge in [-0.1, -0.05) is 6.07 Å². The van der Waals surface area contributed by atoms with Crippen LogP contribution < -0.4 is 0 Å². The highest BCUT2D eigenvalue weighted by atomic mass is 32.2. The summed E-state index contributed by atoms with van der Waals surface area (Å²) < 4.78 is 1.90. The van der Waals surface area contributed by atoms with Crippen molar-refractivity contribution in [2.24, 2.45) is 5.92 Å². The molecule has 1 aliphatic rings. The van der Waals surface area contributed by atoms with Gasteiger partial charge in [0.25, 0.3) is 0 Å². The quantitative estimate of drug-likeness (QED) is 0.797. The van der Waals surface area contributed by atoms with Crippen LogP contribution in [0.4, 0.5) is 0 Å². The van der Waals surface area contributed by atoms with Crippen LogP contribution in [0.15, 0.2) is 18.3 Å². The normalized spacial score (nSPS) is 20.7. The van der Waals surface area contributed by atoms with Gasteiger partial charge in [-0.2, -0.15) is 16.9 Å². The van der Waals surface area contributed by atoms with Crippen molar-refractivity contribution in [1.29, 1.82) is 0 Å². The molecule has 0 amide bonds. The van der Waals surface area contributed by atoms with E-state index in [1.807, 2.05) is 28.5 Å². The highest BCUT2D eigenvalue weighted by Crippen LogP contribution is 2.25. The van der Waals surface area contributed by atoms with Crippen molar-refractivity contribution in [3.8, 4) is 0 Å². The van der Waals surface area contributed by atoms with Crippen molar-refractivity contribution < 1.29 is 0 Å². The highest BCUT2D eigenvalue weighted by Gasteiger charge is 2.18. The van der Waals surface area contributed by atoms with Gasteiger partial charge >= 0.3 is 0 Å². The van der Waals surface area contributed by atoms with Gasteiger partial charge in [-0.15, -0.1) is 0 Å². The maximum Gasteiger partial charge on any atom is 0.158 e. The van der Waals surface area contributed by atoms with E-state index in [0.717, 1.165) is 23.8 Å². The third-order valence-corrected chi connectivity index (χ3v) is 4.33. The summed E-state index contributed by atoms with van der Waals surface area (Å²) in [5.74, 6) is 4.36. The maximum atomic E-state index is 4.62. The summed E-state index contributed by atoms with van der Waals surface area (Å²) >= 11 is 2.05. The zero-order valence-electron chi connectivity index (χ0n) is 9.39. The molecule has 0 saturated carbocycles. The Labute approximate surface area is 99.3 Å². The molecule has 1 aliphatic heterocycles. The molecule has 1 atom stereocenters. The Balaban J connectivity index is 1.90. The Hall–Kier alpha value is -1.03. The van der Waals surface area contributed by atoms with Gasteiger partial charge in [-0.3, -0.25) is 0 Å². The second-order valence-corrected chi connectivity index (χ2v) is 5.57.